The number of carboxylic acids is 1. The van der Waals surface area contributed by atoms with Gasteiger partial charge in [-0.25, -0.2) is 0 Å². The number of fused-ring (bicyclic) bond motifs is 1. The number of aryl methyl sites for hydroxylation is 3. The summed E-state index contributed by atoms with van der Waals surface area (Å²) < 4.78 is 17.5. The molecule has 2 aliphatic heterocycles. The van der Waals surface area contributed by atoms with Crippen molar-refractivity contribution in [3.8, 4) is 17.2 Å². The minimum atomic E-state index is -0.903. The quantitative estimate of drug-likeness (QED) is 0.206. The zero-order valence-corrected chi connectivity index (χ0v) is 27.5. The third-order valence-corrected chi connectivity index (χ3v) is 9.38. The van der Waals surface area contributed by atoms with Crippen LogP contribution in [0.3, 0.4) is 0 Å². The van der Waals surface area contributed by atoms with Crippen molar-refractivity contribution in [1.82, 2.24) is 4.90 Å². The van der Waals surface area contributed by atoms with Gasteiger partial charge in [-0.1, -0.05) is 49.7 Å². The molecular formula is C36H44N2O6S. The van der Waals surface area contributed by atoms with Crippen molar-refractivity contribution in [2.75, 3.05) is 50.2 Å². The fraction of sp³-hybridized carbons (Fsp3) is 0.444. The second-order valence-electron chi connectivity index (χ2n) is 11.7. The molecule has 0 aliphatic carbocycles. The highest BCUT2D eigenvalue weighted by atomic mass is 32.2. The molecule has 1 fully saturated rings. The lowest BCUT2D eigenvalue weighted by Crippen LogP contribution is -2.35. The minimum Gasteiger partial charge on any atom is -0.494 e. The third-order valence-electron chi connectivity index (χ3n) is 8.68. The molecule has 1 saturated heterocycles. The number of hydrogen-bond acceptors (Lipinski definition) is 7. The summed E-state index contributed by atoms with van der Waals surface area (Å²) in [6, 6.07) is 17.1. The Morgan fingerprint density at radius 2 is 1.64 bits per heavy atom. The Morgan fingerprint density at radius 3 is 2.29 bits per heavy atom. The molecule has 3 aromatic carbocycles. The molecule has 0 saturated carbocycles. The molecule has 5 rings (SSSR count). The average Bonchev–Trinajstić information content (AvgIpc) is 3.42. The number of carbonyl (C=O) groups excluding carboxylic acids is 1. The van der Waals surface area contributed by atoms with E-state index in [9.17, 15) is 14.7 Å². The number of hydrogen-bond donors (Lipinski definition) is 2. The van der Waals surface area contributed by atoms with Crippen molar-refractivity contribution in [2.24, 2.45) is 5.92 Å². The molecule has 2 heterocycles. The van der Waals surface area contributed by atoms with Crippen LogP contribution in [-0.2, 0) is 22.4 Å². The second kappa shape index (κ2) is 15.1. The van der Waals surface area contributed by atoms with Crippen molar-refractivity contribution >= 4 is 29.3 Å². The molecule has 0 spiro atoms. The monoisotopic (exact) mass is 632 g/mol. The molecule has 0 aromatic heterocycles. The van der Waals surface area contributed by atoms with Gasteiger partial charge >= 0.3 is 5.97 Å². The second-order valence-corrected chi connectivity index (χ2v) is 12.7. The summed E-state index contributed by atoms with van der Waals surface area (Å²) in [6.45, 7) is 8.26. The van der Waals surface area contributed by atoms with Gasteiger partial charge in [0.25, 0.3) is 0 Å². The van der Waals surface area contributed by atoms with Crippen LogP contribution >= 0.6 is 11.8 Å². The van der Waals surface area contributed by atoms with Gasteiger partial charge in [0.1, 0.15) is 19.0 Å². The Balaban J connectivity index is 1.45. The van der Waals surface area contributed by atoms with Crippen molar-refractivity contribution in [1.29, 1.82) is 0 Å². The zero-order chi connectivity index (χ0) is 31.9. The van der Waals surface area contributed by atoms with E-state index < -0.39 is 17.9 Å². The zero-order valence-electron chi connectivity index (χ0n) is 26.6. The van der Waals surface area contributed by atoms with Crippen LogP contribution < -0.4 is 19.5 Å². The van der Waals surface area contributed by atoms with Crippen LogP contribution in [0, 0.1) is 12.8 Å². The maximum absolute atomic E-state index is 13.7. The lowest BCUT2D eigenvalue weighted by atomic mass is 9.82. The number of rotatable bonds is 13. The molecule has 45 heavy (non-hydrogen) atoms. The highest BCUT2D eigenvalue weighted by Gasteiger charge is 2.48. The molecule has 240 valence electrons. The molecular weight excluding hydrogens is 588 g/mol. The highest BCUT2D eigenvalue weighted by molar-refractivity contribution is 7.98. The van der Waals surface area contributed by atoms with Crippen LogP contribution in [-0.4, -0.2) is 66.8 Å². The van der Waals surface area contributed by atoms with Crippen LogP contribution in [0.1, 0.15) is 60.0 Å². The number of anilines is 1. The van der Waals surface area contributed by atoms with E-state index in [0.717, 1.165) is 58.7 Å². The van der Waals surface area contributed by atoms with Crippen LogP contribution in [0.15, 0.2) is 54.6 Å². The van der Waals surface area contributed by atoms with Crippen LogP contribution in [0.25, 0.3) is 0 Å². The van der Waals surface area contributed by atoms with E-state index in [1.54, 1.807) is 11.8 Å². The predicted molar refractivity (Wildman–Crippen MR) is 179 cm³/mol. The van der Waals surface area contributed by atoms with Crippen molar-refractivity contribution < 1.29 is 28.9 Å². The molecule has 8 nitrogen and oxygen atoms in total. The van der Waals surface area contributed by atoms with E-state index >= 15 is 0 Å². The summed E-state index contributed by atoms with van der Waals surface area (Å²) in [5.74, 6) is 0.844. The van der Waals surface area contributed by atoms with E-state index in [-0.39, 0.29) is 18.4 Å². The number of amides is 1. The molecule has 3 aromatic rings. The number of ether oxygens (including phenoxy) is 3. The van der Waals surface area contributed by atoms with E-state index in [0.29, 0.717) is 37.9 Å². The number of thioether (sulfide) groups is 1. The minimum absolute atomic E-state index is 0.0582. The van der Waals surface area contributed by atoms with E-state index in [4.69, 9.17) is 14.2 Å². The topological polar surface area (TPSA) is 97.3 Å². The number of aliphatic carboxylic acids is 1. The maximum atomic E-state index is 13.7. The first-order valence-electron chi connectivity index (χ1n) is 15.8. The smallest absolute Gasteiger partial charge is 0.309 e. The number of benzene rings is 3. The number of likely N-dealkylation sites (tertiary alicyclic amines) is 1. The van der Waals surface area contributed by atoms with Gasteiger partial charge in [-0.2, -0.15) is 11.8 Å². The van der Waals surface area contributed by atoms with Gasteiger partial charge < -0.3 is 24.6 Å². The number of carboxylic acid groups (broad SMARTS) is 1. The molecule has 1 unspecified atom stereocenters. The van der Waals surface area contributed by atoms with Gasteiger partial charge in [0.2, 0.25) is 5.91 Å². The molecule has 2 aliphatic rings. The first-order valence-corrected chi connectivity index (χ1v) is 17.2. The van der Waals surface area contributed by atoms with E-state index in [2.05, 4.69) is 44.5 Å². The Labute approximate surface area is 270 Å². The normalized spacial score (nSPS) is 19.3. The summed E-state index contributed by atoms with van der Waals surface area (Å²) in [5, 5.41) is 13.9. The largest absolute Gasteiger partial charge is 0.494 e. The first kappa shape index (κ1) is 32.7. The van der Waals surface area contributed by atoms with Gasteiger partial charge in [-0.15, -0.1) is 0 Å². The fourth-order valence-electron chi connectivity index (χ4n) is 6.60. The van der Waals surface area contributed by atoms with Crippen LogP contribution in [0.2, 0.25) is 0 Å². The average molecular weight is 633 g/mol. The van der Waals surface area contributed by atoms with Gasteiger partial charge in [0.15, 0.2) is 11.5 Å². The maximum Gasteiger partial charge on any atom is 0.309 e. The Hall–Kier alpha value is -3.69. The number of carbonyl (C=O) groups is 2. The van der Waals surface area contributed by atoms with Crippen LogP contribution in [0.5, 0.6) is 17.2 Å². The standard InChI is InChI=1S/C36H44N2O6S/c1-5-24-18-23(3)19-25(6-2)34(24)37-32(39)22-38-21-29(27-10-13-30-31(20-27)44-16-15-43-30)33(36(40)41)35(38)26-8-11-28(12-9-26)42-14-7-17-45-4/h8-13,18-20,29,33,35H,5-7,14-17,21-22H2,1-4H3,(H,37,39)(H,40,41)/t29-,33?,35+/m1/s1. The summed E-state index contributed by atoms with van der Waals surface area (Å²) in [4.78, 5) is 28.8. The van der Waals surface area contributed by atoms with E-state index in [1.807, 2.05) is 47.4 Å². The SMILES string of the molecule is CCc1cc(C)cc(CC)c1NC(=O)CN1C[C@H](c2ccc3c(c2)OCCO3)C(C(=O)O)[C@@H]1c1ccc(OCCCSC)cc1. The van der Waals surface area contributed by atoms with E-state index in [1.165, 1.54) is 5.56 Å². The Bertz CT molecular complexity index is 1470. The van der Waals surface area contributed by atoms with Gasteiger partial charge in [0, 0.05) is 24.2 Å². The molecule has 3 atom stereocenters. The lowest BCUT2D eigenvalue weighted by molar-refractivity contribution is -0.143. The van der Waals surface area contributed by atoms with Crippen molar-refractivity contribution in [3.05, 3.63) is 82.4 Å². The lowest BCUT2D eigenvalue weighted by Gasteiger charge is -2.27. The summed E-state index contributed by atoms with van der Waals surface area (Å²) in [7, 11) is 0. The molecule has 0 radical (unpaired) electrons. The number of nitrogens with one attached hydrogen (secondary N) is 1. The molecule has 2 N–H and O–H groups in total. The fourth-order valence-corrected chi connectivity index (χ4v) is 7.00. The molecule has 9 heteroatoms. The van der Waals surface area contributed by atoms with Gasteiger partial charge in [0.05, 0.1) is 19.1 Å². The number of nitrogens with zero attached hydrogens (tertiary/aromatic N) is 1. The molecule has 1 amide bonds. The third kappa shape index (κ3) is 7.59. The summed E-state index contributed by atoms with van der Waals surface area (Å²) in [5.41, 5.74) is 5.93. The first-order chi connectivity index (χ1) is 21.8. The Kier molecular flexibility index (Phi) is 10.9. The Morgan fingerprint density at radius 1 is 0.978 bits per heavy atom. The van der Waals surface area contributed by atoms with Crippen molar-refractivity contribution in [3.63, 3.8) is 0 Å². The van der Waals surface area contributed by atoms with Crippen molar-refractivity contribution in [2.45, 2.75) is 52.0 Å². The van der Waals surface area contributed by atoms with Gasteiger partial charge in [-0.3, -0.25) is 14.5 Å². The highest BCUT2D eigenvalue weighted by Crippen LogP contribution is 2.47. The van der Waals surface area contributed by atoms with Crippen LogP contribution in [0.4, 0.5) is 5.69 Å². The summed E-state index contributed by atoms with van der Waals surface area (Å²) >= 11 is 1.79. The molecule has 0 bridgehead atoms. The van der Waals surface area contributed by atoms with Gasteiger partial charge in [-0.05, 0) is 84.7 Å². The predicted octanol–water partition coefficient (Wildman–Crippen LogP) is 6.50. The summed E-state index contributed by atoms with van der Waals surface area (Å²) in [6.07, 6.45) is 4.63.